The first kappa shape index (κ1) is 16.0. The summed E-state index contributed by atoms with van der Waals surface area (Å²) in [5.41, 5.74) is 2.38. The van der Waals surface area contributed by atoms with Gasteiger partial charge in [0, 0.05) is 25.3 Å². The summed E-state index contributed by atoms with van der Waals surface area (Å²) in [6.45, 7) is 6.96. The highest BCUT2D eigenvalue weighted by molar-refractivity contribution is 5.38. The van der Waals surface area contributed by atoms with E-state index in [4.69, 9.17) is 14.2 Å². The molecule has 0 bridgehead atoms. The maximum atomic E-state index is 5.42. The second-order valence-electron chi connectivity index (χ2n) is 4.53. The molecule has 0 aliphatic heterocycles. The van der Waals surface area contributed by atoms with Crippen LogP contribution in [0.2, 0.25) is 0 Å². The van der Waals surface area contributed by atoms with E-state index in [9.17, 15) is 0 Å². The topological polar surface area (TPSA) is 39.7 Å². The molecule has 4 heteroatoms. The van der Waals surface area contributed by atoms with Gasteiger partial charge in [-0.1, -0.05) is 12.1 Å². The van der Waals surface area contributed by atoms with E-state index in [1.54, 1.807) is 14.2 Å². The lowest BCUT2D eigenvalue weighted by Gasteiger charge is -2.17. The lowest BCUT2D eigenvalue weighted by molar-refractivity contribution is 0.0712. The van der Waals surface area contributed by atoms with Crippen LogP contribution in [0.15, 0.2) is 18.2 Å². The molecule has 0 radical (unpaired) electrons. The predicted molar refractivity (Wildman–Crippen MR) is 76.8 cm³/mol. The van der Waals surface area contributed by atoms with Gasteiger partial charge in [0.25, 0.3) is 0 Å². The Morgan fingerprint density at radius 1 is 1.16 bits per heavy atom. The number of benzene rings is 1. The smallest absolute Gasteiger partial charge is 0.123 e. The van der Waals surface area contributed by atoms with Crippen LogP contribution in [0, 0.1) is 6.92 Å². The molecule has 0 amide bonds. The second-order valence-corrected chi connectivity index (χ2v) is 4.53. The summed E-state index contributed by atoms with van der Waals surface area (Å²) in [6.07, 6.45) is 0. The fraction of sp³-hybridized carbons (Fsp3) is 0.600. The van der Waals surface area contributed by atoms with E-state index >= 15 is 0 Å². The van der Waals surface area contributed by atoms with Crippen molar-refractivity contribution < 1.29 is 14.2 Å². The second kappa shape index (κ2) is 8.91. The SMILES string of the molecule is COCCOCCNC(C)c1ccc(C)cc1OC. The minimum Gasteiger partial charge on any atom is -0.496 e. The van der Waals surface area contributed by atoms with Crippen LogP contribution in [0.4, 0.5) is 0 Å². The van der Waals surface area contributed by atoms with Gasteiger partial charge in [0.05, 0.1) is 26.9 Å². The summed E-state index contributed by atoms with van der Waals surface area (Å²) in [6, 6.07) is 6.51. The van der Waals surface area contributed by atoms with Gasteiger partial charge in [0.2, 0.25) is 0 Å². The van der Waals surface area contributed by atoms with Gasteiger partial charge in [-0.05, 0) is 25.5 Å². The lowest BCUT2D eigenvalue weighted by Crippen LogP contribution is -2.24. The minimum absolute atomic E-state index is 0.238. The molecule has 0 saturated heterocycles. The highest BCUT2D eigenvalue weighted by Gasteiger charge is 2.10. The molecule has 4 nitrogen and oxygen atoms in total. The minimum atomic E-state index is 0.238. The largest absolute Gasteiger partial charge is 0.496 e. The number of nitrogens with one attached hydrogen (secondary N) is 1. The third-order valence-electron chi connectivity index (χ3n) is 2.98. The molecule has 0 aliphatic carbocycles. The molecular weight excluding hydrogens is 242 g/mol. The standard InChI is InChI=1S/C15H25NO3/c1-12-5-6-14(15(11-12)18-4)13(2)16-7-8-19-10-9-17-3/h5-6,11,13,16H,7-10H2,1-4H3. The first-order valence-corrected chi connectivity index (χ1v) is 6.63. The summed E-state index contributed by atoms with van der Waals surface area (Å²) in [5, 5.41) is 3.42. The molecule has 19 heavy (non-hydrogen) atoms. The molecule has 1 aromatic carbocycles. The van der Waals surface area contributed by atoms with Gasteiger partial charge in [-0.3, -0.25) is 0 Å². The fourth-order valence-corrected chi connectivity index (χ4v) is 1.88. The van der Waals surface area contributed by atoms with E-state index in [1.807, 2.05) is 0 Å². The lowest BCUT2D eigenvalue weighted by atomic mass is 10.1. The van der Waals surface area contributed by atoms with E-state index in [1.165, 1.54) is 11.1 Å². The Kier molecular flexibility index (Phi) is 7.48. The van der Waals surface area contributed by atoms with Gasteiger partial charge in [-0.2, -0.15) is 0 Å². The van der Waals surface area contributed by atoms with Crippen molar-refractivity contribution in [2.45, 2.75) is 19.9 Å². The molecule has 0 aromatic heterocycles. The zero-order valence-corrected chi connectivity index (χ0v) is 12.4. The van der Waals surface area contributed by atoms with Gasteiger partial charge in [0.15, 0.2) is 0 Å². The van der Waals surface area contributed by atoms with Gasteiger partial charge in [0.1, 0.15) is 5.75 Å². The molecule has 1 aromatic rings. The van der Waals surface area contributed by atoms with Crippen LogP contribution < -0.4 is 10.1 Å². The van der Waals surface area contributed by atoms with Crippen molar-refractivity contribution in [1.82, 2.24) is 5.32 Å². The predicted octanol–water partition coefficient (Wildman–Crippen LogP) is 2.32. The summed E-state index contributed by atoms with van der Waals surface area (Å²) in [7, 11) is 3.38. The maximum absolute atomic E-state index is 5.42. The van der Waals surface area contributed by atoms with Crippen molar-refractivity contribution in [3.63, 3.8) is 0 Å². The zero-order valence-electron chi connectivity index (χ0n) is 12.4. The first-order valence-electron chi connectivity index (χ1n) is 6.63. The molecular formula is C15H25NO3. The van der Waals surface area contributed by atoms with Crippen LogP contribution in [0.5, 0.6) is 5.75 Å². The van der Waals surface area contributed by atoms with Crippen LogP contribution in [0.25, 0.3) is 0 Å². The number of hydrogen-bond acceptors (Lipinski definition) is 4. The Bertz CT molecular complexity index is 368. The summed E-state index contributed by atoms with van der Waals surface area (Å²) >= 11 is 0. The Morgan fingerprint density at radius 3 is 2.63 bits per heavy atom. The molecule has 1 rings (SSSR count). The quantitative estimate of drug-likeness (QED) is 0.697. The van der Waals surface area contributed by atoms with Gasteiger partial charge in [-0.15, -0.1) is 0 Å². The van der Waals surface area contributed by atoms with Crippen molar-refractivity contribution in [2.24, 2.45) is 0 Å². The molecule has 0 heterocycles. The van der Waals surface area contributed by atoms with E-state index < -0.39 is 0 Å². The molecule has 1 unspecified atom stereocenters. The number of hydrogen-bond donors (Lipinski definition) is 1. The van der Waals surface area contributed by atoms with Crippen LogP contribution in [-0.4, -0.2) is 40.6 Å². The Morgan fingerprint density at radius 2 is 1.95 bits per heavy atom. The highest BCUT2D eigenvalue weighted by Crippen LogP contribution is 2.25. The third-order valence-corrected chi connectivity index (χ3v) is 2.98. The monoisotopic (exact) mass is 267 g/mol. The number of rotatable bonds is 9. The van der Waals surface area contributed by atoms with E-state index in [-0.39, 0.29) is 6.04 Å². The third kappa shape index (κ3) is 5.59. The highest BCUT2D eigenvalue weighted by atomic mass is 16.5. The van der Waals surface area contributed by atoms with Crippen LogP contribution in [-0.2, 0) is 9.47 Å². The Labute approximate surface area is 116 Å². The molecule has 0 spiro atoms. The number of methoxy groups -OCH3 is 2. The average Bonchev–Trinajstić information content (AvgIpc) is 2.42. The van der Waals surface area contributed by atoms with Crippen molar-refractivity contribution in [3.05, 3.63) is 29.3 Å². The fourth-order valence-electron chi connectivity index (χ4n) is 1.88. The van der Waals surface area contributed by atoms with Crippen molar-refractivity contribution >= 4 is 0 Å². The molecule has 108 valence electrons. The zero-order chi connectivity index (χ0) is 14.1. The van der Waals surface area contributed by atoms with Gasteiger partial charge < -0.3 is 19.5 Å². The van der Waals surface area contributed by atoms with Crippen LogP contribution in [0.1, 0.15) is 24.1 Å². The van der Waals surface area contributed by atoms with Crippen LogP contribution >= 0.6 is 0 Å². The maximum Gasteiger partial charge on any atom is 0.123 e. The molecule has 1 N–H and O–H groups in total. The van der Waals surface area contributed by atoms with Crippen molar-refractivity contribution in [3.8, 4) is 5.75 Å². The normalized spacial score (nSPS) is 12.4. The van der Waals surface area contributed by atoms with Crippen molar-refractivity contribution in [1.29, 1.82) is 0 Å². The molecule has 0 fully saturated rings. The first-order chi connectivity index (χ1) is 9.19. The number of ether oxygens (including phenoxy) is 3. The number of aryl methyl sites for hydroxylation is 1. The summed E-state index contributed by atoms with van der Waals surface area (Å²) < 4.78 is 15.8. The average molecular weight is 267 g/mol. The molecule has 0 aliphatic rings. The Hall–Kier alpha value is -1.10. The van der Waals surface area contributed by atoms with E-state index in [0.717, 1.165) is 12.3 Å². The van der Waals surface area contributed by atoms with Crippen LogP contribution in [0.3, 0.4) is 0 Å². The van der Waals surface area contributed by atoms with Gasteiger partial charge in [-0.25, -0.2) is 0 Å². The van der Waals surface area contributed by atoms with Gasteiger partial charge >= 0.3 is 0 Å². The molecule has 1 atom stereocenters. The van der Waals surface area contributed by atoms with Crippen molar-refractivity contribution in [2.75, 3.05) is 40.6 Å². The van der Waals surface area contributed by atoms with E-state index in [2.05, 4.69) is 37.4 Å². The summed E-state index contributed by atoms with van der Waals surface area (Å²) in [5.74, 6) is 0.931. The Balaban J connectivity index is 2.38. The molecule has 0 saturated carbocycles. The van der Waals surface area contributed by atoms with E-state index in [0.29, 0.717) is 19.8 Å². The summed E-state index contributed by atoms with van der Waals surface area (Å²) in [4.78, 5) is 0.